The van der Waals surface area contributed by atoms with Crippen molar-refractivity contribution in [1.29, 1.82) is 0 Å². The molecule has 7 nitrogen and oxygen atoms in total. The molecule has 1 atom stereocenters. The predicted octanol–water partition coefficient (Wildman–Crippen LogP) is 3.84. The fourth-order valence-electron chi connectivity index (χ4n) is 2.63. The summed E-state index contributed by atoms with van der Waals surface area (Å²) in [5, 5.41) is 11.5. The molecule has 9 heteroatoms. The minimum Gasteiger partial charge on any atom is -0.493 e. The third-order valence-corrected chi connectivity index (χ3v) is 4.61. The standard InChI is InChI=1S/C16H19BrN4O3S/c1-3-23-14-11(17)7-10(8-13(14)22-2)9-18-21-15(19-20-16(21)25)12-5-4-6-24-12/h7-9,12H,3-6H2,1-2H3,(H,20,25)/b18-9-. The third kappa shape index (κ3) is 3.94. The highest BCUT2D eigenvalue weighted by Crippen LogP contribution is 2.36. The summed E-state index contributed by atoms with van der Waals surface area (Å²) in [7, 11) is 1.60. The van der Waals surface area contributed by atoms with E-state index in [1.54, 1.807) is 18.0 Å². The highest BCUT2D eigenvalue weighted by molar-refractivity contribution is 9.10. The van der Waals surface area contributed by atoms with Gasteiger partial charge in [-0.3, -0.25) is 5.10 Å². The zero-order valence-corrected chi connectivity index (χ0v) is 16.4. The molecule has 1 fully saturated rings. The number of aromatic amines is 1. The summed E-state index contributed by atoms with van der Waals surface area (Å²) in [4.78, 5) is 0. The summed E-state index contributed by atoms with van der Waals surface area (Å²) in [6, 6.07) is 3.77. The predicted molar refractivity (Wildman–Crippen MR) is 100 cm³/mol. The largest absolute Gasteiger partial charge is 0.493 e. The van der Waals surface area contributed by atoms with Crippen LogP contribution >= 0.6 is 28.1 Å². The highest BCUT2D eigenvalue weighted by atomic mass is 79.9. The van der Waals surface area contributed by atoms with Crippen molar-refractivity contribution in [1.82, 2.24) is 14.9 Å². The van der Waals surface area contributed by atoms with Crippen LogP contribution in [0.15, 0.2) is 21.7 Å². The van der Waals surface area contributed by atoms with Crippen molar-refractivity contribution in [2.24, 2.45) is 5.10 Å². The van der Waals surface area contributed by atoms with Gasteiger partial charge >= 0.3 is 0 Å². The number of hydrogen-bond acceptors (Lipinski definition) is 6. The van der Waals surface area contributed by atoms with Crippen LogP contribution in [0.2, 0.25) is 0 Å². The number of methoxy groups -OCH3 is 1. The highest BCUT2D eigenvalue weighted by Gasteiger charge is 2.23. The van der Waals surface area contributed by atoms with E-state index in [4.69, 9.17) is 26.4 Å². The van der Waals surface area contributed by atoms with Gasteiger partial charge in [-0.05, 0) is 65.6 Å². The van der Waals surface area contributed by atoms with Gasteiger partial charge in [-0.15, -0.1) is 0 Å². The van der Waals surface area contributed by atoms with Gasteiger partial charge in [-0.25, -0.2) is 0 Å². The van der Waals surface area contributed by atoms with Gasteiger partial charge < -0.3 is 14.2 Å². The van der Waals surface area contributed by atoms with Crippen molar-refractivity contribution in [3.8, 4) is 11.5 Å². The van der Waals surface area contributed by atoms with Gasteiger partial charge in [0.2, 0.25) is 4.77 Å². The van der Waals surface area contributed by atoms with E-state index in [2.05, 4.69) is 31.2 Å². The molecular weight excluding hydrogens is 408 g/mol. The second-order valence-corrected chi connectivity index (χ2v) is 6.65. The fourth-order valence-corrected chi connectivity index (χ4v) is 3.39. The lowest BCUT2D eigenvalue weighted by molar-refractivity contribution is 0.102. The van der Waals surface area contributed by atoms with Crippen LogP contribution in [0.5, 0.6) is 11.5 Å². The molecule has 1 saturated heterocycles. The third-order valence-electron chi connectivity index (χ3n) is 3.76. The van der Waals surface area contributed by atoms with E-state index in [1.165, 1.54) is 0 Å². The van der Waals surface area contributed by atoms with Gasteiger partial charge in [0.15, 0.2) is 17.3 Å². The lowest BCUT2D eigenvalue weighted by Crippen LogP contribution is -2.05. The molecule has 0 bridgehead atoms. The van der Waals surface area contributed by atoms with E-state index in [0.29, 0.717) is 28.7 Å². The Labute approximate surface area is 159 Å². The van der Waals surface area contributed by atoms with Gasteiger partial charge in [0.25, 0.3) is 0 Å². The molecule has 0 aliphatic carbocycles. The number of benzene rings is 1. The van der Waals surface area contributed by atoms with Crippen molar-refractivity contribution in [3.63, 3.8) is 0 Å². The minimum atomic E-state index is -0.0771. The van der Waals surface area contributed by atoms with Crippen LogP contribution < -0.4 is 9.47 Å². The lowest BCUT2D eigenvalue weighted by Gasteiger charge is -2.12. The Morgan fingerprint density at radius 2 is 2.40 bits per heavy atom. The zero-order chi connectivity index (χ0) is 17.8. The Bertz CT molecular complexity index is 827. The van der Waals surface area contributed by atoms with Crippen LogP contribution in [0.25, 0.3) is 0 Å². The summed E-state index contributed by atoms with van der Waals surface area (Å²) in [6.45, 7) is 3.21. The first-order valence-electron chi connectivity index (χ1n) is 7.97. The van der Waals surface area contributed by atoms with Gasteiger partial charge in [0.1, 0.15) is 6.10 Å². The molecule has 1 aromatic heterocycles. The van der Waals surface area contributed by atoms with Crippen LogP contribution in [-0.4, -0.2) is 41.4 Å². The van der Waals surface area contributed by atoms with Crippen molar-refractivity contribution < 1.29 is 14.2 Å². The first kappa shape index (κ1) is 18.1. The van der Waals surface area contributed by atoms with Gasteiger partial charge in [0.05, 0.1) is 24.4 Å². The van der Waals surface area contributed by atoms with Crippen LogP contribution in [0.3, 0.4) is 0 Å². The summed E-state index contributed by atoms with van der Waals surface area (Å²) < 4.78 is 19.5. The molecule has 25 heavy (non-hydrogen) atoms. The van der Waals surface area contributed by atoms with Crippen LogP contribution in [0.1, 0.15) is 37.3 Å². The van der Waals surface area contributed by atoms with Crippen molar-refractivity contribution in [3.05, 3.63) is 32.8 Å². The molecule has 1 unspecified atom stereocenters. The Hall–Kier alpha value is -1.71. The summed E-state index contributed by atoms with van der Waals surface area (Å²) in [6.07, 6.45) is 3.55. The van der Waals surface area contributed by atoms with Crippen LogP contribution in [-0.2, 0) is 4.74 Å². The van der Waals surface area contributed by atoms with E-state index in [-0.39, 0.29) is 6.10 Å². The Kier molecular flexibility index (Phi) is 5.87. The Balaban J connectivity index is 1.91. The molecule has 0 radical (unpaired) electrons. The molecule has 2 heterocycles. The Morgan fingerprint density at radius 3 is 3.08 bits per heavy atom. The molecule has 1 aliphatic heterocycles. The molecule has 134 valence electrons. The maximum absolute atomic E-state index is 5.68. The Morgan fingerprint density at radius 1 is 1.56 bits per heavy atom. The number of rotatable bonds is 6. The molecule has 0 spiro atoms. The normalized spacial score (nSPS) is 17.3. The molecule has 1 aromatic carbocycles. The lowest BCUT2D eigenvalue weighted by atomic mass is 10.2. The summed E-state index contributed by atoms with van der Waals surface area (Å²) in [5.74, 6) is 1.99. The number of ether oxygens (including phenoxy) is 3. The monoisotopic (exact) mass is 426 g/mol. The van der Waals surface area contributed by atoms with Gasteiger partial charge in [-0.2, -0.15) is 14.9 Å². The molecular formula is C16H19BrN4O3S. The van der Waals surface area contributed by atoms with E-state index in [9.17, 15) is 0 Å². The summed E-state index contributed by atoms with van der Waals surface area (Å²) in [5.41, 5.74) is 0.841. The van der Waals surface area contributed by atoms with Crippen LogP contribution in [0.4, 0.5) is 0 Å². The number of nitrogens with one attached hydrogen (secondary N) is 1. The number of halogens is 1. The second-order valence-electron chi connectivity index (χ2n) is 5.41. The zero-order valence-electron chi connectivity index (χ0n) is 14.0. The molecule has 3 rings (SSSR count). The van der Waals surface area contributed by atoms with Crippen molar-refractivity contribution >= 4 is 34.4 Å². The second kappa shape index (κ2) is 8.11. The first-order valence-corrected chi connectivity index (χ1v) is 9.17. The molecule has 1 N–H and O–H groups in total. The summed E-state index contributed by atoms with van der Waals surface area (Å²) >= 11 is 8.78. The van der Waals surface area contributed by atoms with E-state index in [1.807, 2.05) is 19.1 Å². The average Bonchev–Trinajstić information content (AvgIpc) is 3.24. The van der Waals surface area contributed by atoms with Crippen molar-refractivity contribution in [2.75, 3.05) is 20.3 Å². The van der Waals surface area contributed by atoms with Crippen LogP contribution in [0, 0.1) is 4.77 Å². The number of H-pyrrole nitrogens is 1. The van der Waals surface area contributed by atoms with Gasteiger partial charge in [-0.1, -0.05) is 0 Å². The maximum atomic E-state index is 5.68. The van der Waals surface area contributed by atoms with E-state index < -0.39 is 0 Å². The average molecular weight is 427 g/mol. The van der Waals surface area contributed by atoms with E-state index in [0.717, 1.165) is 29.5 Å². The minimum absolute atomic E-state index is 0.0771. The number of hydrogen-bond donors (Lipinski definition) is 1. The topological polar surface area (TPSA) is 73.7 Å². The molecule has 1 aliphatic rings. The van der Waals surface area contributed by atoms with E-state index >= 15 is 0 Å². The maximum Gasteiger partial charge on any atom is 0.216 e. The molecule has 0 amide bonds. The van der Waals surface area contributed by atoms with Crippen molar-refractivity contribution in [2.45, 2.75) is 25.9 Å². The number of nitrogens with zero attached hydrogens (tertiary/aromatic N) is 3. The molecule has 0 saturated carbocycles. The fraction of sp³-hybridized carbons (Fsp3) is 0.438. The number of aromatic nitrogens is 3. The molecule has 2 aromatic rings. The SMILES string of the molecule is CCOc1c(Br)cc(/C=N\n2c(C3CCCO3)n[nH]c2=S)cc1OC. The van der Waals surface area contributed by atoms with Gasteiger partial charge in [0, 0.05) is 6.61 Å². The quantitative estimate of drug-likeness (QED) is 0.560. The first-order chi connectivity index (χ1) is 12.1. The smallest absolute Gasteiger partial charge is 0.216 e.